The first kappa shape index (κ1) is 19.9. The SMILES string of the molecule is O=C(O)NC1CCC(NC(=O)C2(Oc3ccc4c(c3)OCO4)C=CC(F)=CN2)CC1. The van der Waals surface area contributed by atoms with E-state index in [0.717, 1.165) is 12.3 Å². The van der Waals surface area contributed by atoms with Crippen LogP contribution < -0.4 is 30.2 Å². The Hall–Kier alpha value is -3.43. The molecule has 160 valence electrons. The Morgan fingerprint density at radius 3 is 2.50 bits per heavy atom. The molecule has 4 N–H and O–H groups in total. The van der Waals surface area contributed by atoms with Crippen LogP contribution in [-0.4, -0.2) is 41.7 Å². The smallest absolute Gasteiger partial charge is 0.404 e. The van der Waals surface area contributed by atoms with Crippen LogP contribution in [0.4, 0.5) is 9.18 Å². The summed E-state index contributed by atoms with van der Waals surface area (Å²) in [5.74, 6) is 0.402. The normalized spacial score (nSPS) is 26.9. The van der Waals surface area contributed by atoms with Crippen LogP contribution >= 0.6 is 0 Å². The minimum absolute atomic E-state index is 0.107. The van der Waals surface area contributed by atoms with Gasteiger partial charge in [0.05, 0.1) is 0 Å². The summed E-state index contributed by atoms with van der Waals surface area (Å²) in [6.45, 7) is 0.107. The van der Waals surface area contributed by atoms with E-state index in [1.54, 1.807) is 18.2 Å². The molecule has 1 aromatic carbocycles. The van der Waals surface area contributed by atoms with Crippen molar-refractivity contribution in [3.8, 4) is 17.2 Å². The van der Waals surface area contributed by atoms with E-state index in [9.17, 15) is 14.0 Å². The maximum atomic E-state index is 13.5. The molecule has 9 nitrogen and oxygen atoms in total. The first-order valence-corrected chi connectivity index (χ1v) is 9.65. The van der Waals surface area contributed by atoms with E-state index >= 15 is 0 Å². The van der Waals surface area contributed by atoms with E-state index in [-0.39, 0.29) is 18.9 Å². The minimum Gasteiger partial charge on any atom is -0.465 e. The van der Waals surface area contributed by atoms with Gasteiger partial charge in [-0.2, -0.15) is 0 Å². The van der Waals surface area contributed by atoms with Crippen LogP contribution in [0.2, 0.25) is 0 Å². The number of benzene rings is 1. The quantitative estimate of drug-likeness (QED) is 0.578. The number of fused-ring (bicyclic) bond motifs is 1. The lowest BCUT2D eigenvalue weighted by Gasteiger charge is -2.35. The topological polar surface area (TPSA) is 118 Å². The molecule has 1 atom stereocenters. The second kappa shape index (κ2) is 8.13. The van der Waals surface area contributed by atoms with Crippen LogP contribution in [0, 0.1) is 0 Å². The molecule has 1 unspecified atom stereocenters. The monoisotopic (exact) mass is 419 g/mol. The zero-order valence-corrected chi connectivity index (χ0v) is 16.0. The summed E-state index contributed by atoms with van der Waals surface area (Å²) in [5.41, 5.74) is -1.64. The van der Waals surface area contributed by atoms with Crippen molar-refractivity contribution in [2.24, 2.45) is 0 Å². The highest BCUT2D eigenvalue weighted by atomic mass is 19.1. The maximum Gasteiger partial charge on any atom is 0.404 e. The van der Waals surface area contributed by atoms with Gasteiger partial charge in [0.25, 0.3) is 11.6 Å². The molecule has 3 aliphatic rings. The van der Waals surface area contributed by atoms with Crippen molar-refractivity contribution in [3.05, 3.63) is 42.4 Å². The number of dihydropyridines is 1. The van der Waals surface area contributed by atoms with E-state index in [2.05, 4.69) is 16.0 Å². The second-order valence-electron chi connectivity index (χ2n) is 7.33. The first-order chi connectivity index (χ1) is 14.4. The fourth-order valence-electron chi connectivity index (χ4n) is 3.70. The molecule has 0 radical (unpaired) electrons. The molecule has 2 aliphatic heterocycles. The van der Waals surface area contributed by atoms with Crippen LogP contribution in [-0.2, 0) is 4.79 Å². The van der Waals surface area contributed by atoms with Gasteiger partial charge in [0.2, 0.25) is 6.79 Å². The molecule has 0 aromatic heterocycles. The van der Waals surface area contributed by atoms with E-state index < -0.39 is 23.6 Å². The van der Waals surface area contributed by atoms with Gasteiger partial charge in [-0.15, -0.1) is 0 Å². The molecule has 1 fully saturated rings. The molecule has 4 rings (SSSR count). The van der Waals surface area contributed by atoms with Gasteiger partial charge in [-0.3, -0.25) is 4.79 Å². The van der Waals surface area contributed by atoms with Gasteiger partial charge >= 0.3 is 6.09 Å². The van der Waals surface area contributed by atoms with E-state index in [1.807, 2.05) is 0 Å². The third-order valence-corrected chi connectivity index (χ3v) is 5.25. The number of ether oxygens (including phenoxy) is 3. The van der Waals surface area contributed by atoms with Gasteiger partial charge in [0, 0.05) is 24.4 Å². The average Bonchev–Trinajstić information content (AvgIpc) is 3.19. The minimum atomic E-state index is -1.64. The van der Waals surface area contributed by atoms with Gasteiger partial charge in [-0.1, -0.05) is 0 Å². The standard InChI is InChI=1S/C20H22FN3O6/c21-12-7-8-20(22-10-12,30-15-5-6-16-17(9-15)29-11-28-16)18(25)23-13-1-3-14(4-2-13)24-19(26)27/h5-10,13-14,22,24H,1-4,11H2,(H,23,25)(H,26,27). The van der Waals surface area contributed by atoms with E-state index in [4.69, 9.17) is 19.3 Å². The zero-order chi connectivity index (χ0) is 21.1. The zero-order valence-electron chi connectivity index (χ0n) is 16.0. The van der Waals surface area contributed by atoms with Crippen molar-refractivity contribution in [1.82, 2.24) is 16.0 Å². The van der Waals surface area contributed by atoms with Gasteiger partial charge in [0.15, 0.2) is 11.5 Å². The third-order valence-electron chi connectivity index (χ3n) is 5.25. The Kier molecular flexibility index (Phi) is 5.39. The molecule has 0 spiro atoms. The summed E-state index contributed by atoms with van der Waals surface area (Å²) < 4.78 is 30.1. The van der Waals surface area contributed by atoms with Crippen molar-refractivity contribution in [3.63, 3.8) is 0 Å². The number of hydrogen-bond acceptors (Lipinski definition) is 6. The Morgan fingerprint density at radius 2 is 1.83 bits per heavy atom. The van der Waals surface area contributed by atoms with Crippen LogP contribution in [0.15, 0.2) is 42.4 Å². The molecule has 2 heterocycles. The van der Waals surface area contributed by atoms with Crippen molar-refractivity contribution < 1.29 is 33.3 Å². The summed E-state index contributed by atoms with van der Waals surface area (Å²) in [4.78, 5) is 23.9. The maximum absolute atomic E-state index is 13.5. The highest BCUT2D eigenvalue weighted by Crippen LogP contribution is 2.36. The molecule has 0 bridgehead atoms. The summed E-state index contributed by atoms with van der Waals surface area (Å²) in [7, 11) is 0. The number of rotatable bonds is 5. The summed E-state index contributed by atoms with van der Waals surface area (Å²) in [6, 6.07) is 4.63. The molecule has 1 aliphatic carbocycles. The third kappa shape index (κ3) is 4.27. The van der Waals surface area contributed by atoms with Crippen molar-refractivity contribution >= 4 is 12.0 Å². The lowest BCUT2D eigenvalue weighted by Crippen LogP contribution is -2.61. The number of carbonyl (C=O) groups excluding carboxylic acids is 1. The Bertz CT molecular complexity index is 897. The average molecular weight is 419 g/mol. The van der Waals surface area contributed by atoms with E-state index in [0.29, 0.717) is 42.9 Å². The summed E-state index contributed by atoms with van der Waals surface area (Å²) in [6.07, 6.45) is 4.96. The molecule has 1 saturated carbocycles. The first-order valence-electron chi connectivity index (χ1n) is 9.65. The van der Waals surface area contributed by atoms with Gasteiger partial charge in [-0.05, 0) is 50.0 Å². The second-order valence-corrected chi connectivity index (χ2v) is 7.33. The number of hydrogen-bond donors (Lipinski definition) is 4. The van der Waals surface area contributed by atoms with Crippen molar-refractivity contribution in [2.45, 2.75) is 43.5 Å². The highest BCUT2D eigenvalue weighted by molar-refractivity contribution is 5.88. The van der Waals surface area contributed by atoms with Crippen molar-refractivity contribution in [1.29, 1.82) is 0 Å². The molecule has 10 heteroatoms. The van der Waals surface area contributed by atoms with E-state index in [1.165, 1.54) is 6.08 Å². The predicted octanol–water partition coefficient (Wildman–Crippen LogP) is 2.16. The molecular formula is C20H22FN3O6. The lowest BCUT2D eigenvalue weighted by atomic mass is 9.91. The molecule has 1 aromatic rings. The van der Waals surface area contributed by atoms with Gasteiger partial charge < -0.3 is 35.3 Å². The molecule has 0 saturated heterocycles. The Balaban J connectivity index is 1.45. The number of allylic oxidation sites excluding steroid dienone is 2. The highest BCUT2D eigenvalue weighted by Gasteiger charge is 2.41. The fourth-order valence-corrected chi connectivity index (χ4v) is 3.70. The summed E-state index contributed by atoms with van der Waals surface area (Å²) in [5, 5.41) is 16.9. The predicted molar refractivity (Wildman–Crippen MR) is 103 cm³/mol. The summed E-state index contributed by atoms with van der Waals surface area (Å²) >= 11 is 0. The van der Waals surface area contributed by atoms with Gasteiger partial charge in [0.1, 0.15) is 11.6 Å². The fraction of sp³-hybridized carbons (Fsp3) is 0.400. The number of carboxylic acid groups (broad SMARTS) is 1. The molecular weight excluding hydrogens is 397 g/mol. The molecule has 2 amide bonds. The largest absolute Gasteiger partial charge is 0.465 e. The van der Waals surface area contributed by atoms with Crippen LogP contribution in [0.25, 0.3) is 0 Å². The van der Waals surface area contributed by atoms with Gasteiger partial charge in [-0.25, -0.2) is 9.18 Å². The number of halogens is 1. The number of amides is 2. The van der Waals surface area contributed by atoms with Crippen LogP contribution in [0.3, 0.4) is 0 Å². The van der Waals surface area contributed by atoms with Crippen molar-refractivity contribution in [2.75, 3.05) is 6.79 Å². The Labute approximate surface area is 171 Å². The number of nitrogens with one attached hydrogen (secondary N) is 3. The molecule has 30 heavy (non-hydrogen) atoms. The number of carbonyl (C=O) groups is 2. The van der Waals surface area contributed by atoms with Crippen LogP contribution in [0.1, 0.15) is 25.7 Å². The van der Waals surface area contributed by atoms with Crippen LogP contribution in [0.5, 0.6) is 17.2 Å². The Morgan fingerprint density at radius 1 is 1.13 bits per heavy atom. The lowest BCUT2D eigenvalue weighted by molar-refractivity contribution is -0.135.